The minimum Gasteiger partial charge on any atom is -0.359 e. The van der Waals surface area contributed by atoms with Crippen LogP contribution in [-0.4, -0.2) is 26.4 Å². The predicted molar refractivity (Wildman–Crippen MR) is 63.5 cm³/mol. The van der Waals surface area contributed by atoms with E-state index in [1.807, 2.05) is 18.2 Å². The van der Waals surface area contributed by atoms with Gasteiger partial charge in [-0.1, -0.05) is 24.3 Å². The lowest BCUT2D eigenvalue weighted by Gasteiger charge is -2.31. The molecule has 1 aromatic rings. The summed E-state index contributed by atoms with van der Waals surface area (Å²) in [7, 11) is 3.25. The summed E-state index contributed by atoms with van der Waals surface area (Å²) in [5.41, 5.74) is 2.28. The Bertz CT molecular complexity index is 405. The average molecular weight is 235 g/mol. The fraction of sp³-hybridized carbons (Fsp3) is 0.462. The number of benzene rings is 1. The van der Waals surface area contributed by atoms with Crippen LogP contribution >= 0.6 is 0 Å². The van der Waals surface area contributed by atoms with E-state index in [-0.39, 0.29) is 18.3 Å². The van der Waals surface area contributed by atoms with Crippen LogP contribution in [0.15, 0.2) is 24.3 Å². The Hall–Kier alpha value is -1.39. The van der Waals surface area contributed by atoms with E-state index in [1.165, 1.54) is 5.56 Å². The quantitative estimate of drug-likeness (QED) is 0.861. The third kappa shape index (κ3) is 2.65. The molecule has 0 fully saturated rings. The van der Waals surface area contributed by atoms with Crippen LogP contribution in [0, 0.1) is 0 Å². The summed E-state index contributed by atoms with van der Waals surface area (Å²) in [4.78, 5) is 11.5. The van der Waals surface area contributed by atoms with Gasteiger partial charge in [-0.15, -0.1) is 0 Å². The minimum atomic E-state index is -0.264. The maximum absolute atomic E-state index is 11.5. The molecular weight excluding hydrogens is 218 g/mol. The third-order valence-corrected chi connectivity index (χ3v) is 3.02. The van der Waals surface area contributed by atoms with Crippen LogP contribution in [0.3, 0.4) is 0 Å². The molecule has 1 amide bonds. The lowest BCUT2D eigenvalue weighted by molar-refractivity contribution is -0.169. The molecule has 0 saturated heterocycles. The Kier molecular flexibility index (Phi) is 3.76. The molecule has 1 aliphatic heterocycles. The molecule has 0 bridgehead atoms. The maximum atomic E-state index is 11.5. The number of amides is 1. The molecule has 1 N–H and O–H groups in total. The summed E-state index contributed by atoms with van der Waals surface area (Å²) in [6.07, 6.45) is 0.578. The van der Waals surface area contributed by atoms with Crippen molar-refractivity contribution in [2.75, 3.05) is 14.2 Å². The number of nitrogens with one attached hydrogen (secondary N) is 1. The minimum absolute atomic E-state index is 0.0263. The van der Waals surface area contributed by atoms with E-state index in [2.05, 4.69) is 11.4 Å². The van der Waals surface area contributed by atoms with Gasteiger partial charge in [0.1, 0.15) is 0 Å². The molecule has 17 heavy (non-hydrogen) atoms. The van der Waals surface area contributed by atoms with Gasteiger partial charge in [0.2, 0.25) is 5.91 Å². The molecule has 1 aliphatic rings. The molecule has 0 aliphatic carbocycles. The molecule has 4 heteroatoms. The molecule has 0 spiro atoms. The Morgan fingerprint density at radius 1 is 1.53 bits per heavy atom. The second-order valence-electron chi connectivity index (χ2n) is 4.07. The predicted octanol–water partition coefficient (Wildman–Crippen LogP) is 1.41. The number of ether oxygens (including phenoxy) is 2. The lowest BCUT2D eigenvalue weighted by Crippen LogP contribution is -2.31. The first-order valence-corrected chi connectivity index (χ1v) is 5.71. The highest BCUT2D eigenvalue weighted by atomic mass is 16.7. The summed E-state index contributed by atoms with van der Waals surface area (Å²) in [5.74, 6) is -0.0263. The topological polar surface area (TPSA) is 47.6 Å². The van der Waals surface area contributed by atoms with Crippen LogP contribution in [0.4, 0.5) is 0 Å². The zero-order chi connectivity index (χ0) is 12.3. The molecule has 2 rings (SSSR count). The van der Waals surface area contributed by atoms with Gasteiger partial charge in [-0.3, -0.25) is 4.79 Å². The molecule has 0 saturated carbocycles. The SMILES string of the molecule is CNC(=O)CC1OC(OC)Cc2ccccc21. The van der Waals surface area contributed by atoms with Gasteiger partial charge in [-0.2, -0.15) is 0 Å². The average Bonchev–Trinajstić information content (AvgIpc) is 2.38. The molecular formula is C13H17NO3. The molecule has 1 heterocycles. The van der Waals surface area contributed by atoms with Gasteiger partial charge in [0, 0.05) is 20.6 Å². The van der Waals surface area contributed by atoms with Crippen LogP contribution < -0.4 is 5.32 Å². The first-order valence-electron chi connectivity index (χ1n) is 5.71. The molecule has 0 aromatic heterocycles. The van der Waals surface area contributed by atoms with Crippen LogP contribution in [0.5, 0.6) is 0 Å². The number of carbonyl (C=O) groups excluding carboxylic acids is 1. The summed E-state index contributed by atoms with van der Waals surface area (Å²) in [5, 5.41) is 2.62. The fourth-order valence-corrected chi connectivity index (χ4v) is 2.09. The Balaban J connectivity index is 2.22. The van der Waals surface area contributed by atoms with Crippen molar-refractivity contribution in [2.24, 2.45) is 0 Å². The fourth-order valence-electron chi connectivity index (χ4n) is 2.09. The highest BCUT2D eigenvalue weighted by Crippen LogP contribution is 2.32. The molecule has 1 aromatic carbocycles. The van der Waals surface area contributed by atoms with E-state index >= 15 is 0 Å². The Morgan fingerprint density at radius 2 is 2.29 bits per heavy atom. The van der Waals surface area contributed by atoms with Gasteiger partial charge in [-0.25, -0.2) is 0 Å². The zero-order valence-corrected chi connectivity index (χ0v) is 10.1. The molecule has 2 atom stereocenters. The highest BCUT2D eigenvalue weighted by Gasteiger charge is 2.28. The van der Waals surface area contributed by atoms with E-state index in [0.29, 0.717) is 6.42 Å². The number of methoxy groups -OCH3 is 1. The van der Waals surface area contributed by atoms with Crippen LogP contribution in [-0.2, 0) is 20.7 Å². The van der Waals surface area contributed by atoms with Gasteiger partial charge in [0.15, 0.2) is 6.29 Å². The number of carbonyl (C=O) groups is 1. The van der Waals surface area contributed by atoms with Gasteiger partial charge in [0.05, 0.1) is 12.5 Å². The van der Waals surface area contributed by atoms with Crippen molar-refractivity contribution in [3.05, 3.63) is 35.4 Å². The number of rotatable bonds is 3. The monoisotopic (exact) mass is 235 g/mol. The third-order valence-electron chi connectivity index (χ3n) is 3.02. The van der Waals surface area contributed by atoms with Crippen molar-refractivity contribution < 1.29 is 14.3 Å². The van der Waals surface area contributed by atoms with E-state index in [4.69, 9.17) is 9.47 Å². The van der Waals surface area contributed by atoms with E-state index in [0.717, 1.165) is 12.0 Å². The summed E-state index contributed by atoms with van der Waals surface area (Å²) >= 11 is 0. The Labute approximate surface area is 101 Å². The first kappa shape index (κ1) is 12.1. The summed E-state index contributed by atoms with van der Waals surface area (Å²) < 4.78 is 11.0. The maximum Gasteiger partial charge on any atom is 0.222 e. The van der Waals surface area contributed by atoms with E-state index in [1.54, 1.807) is 14.2 Å². The van der Waals surface area contributed by atoms with Crippen LogP contribution in [0.1, 0.15) is 23.7 Å². The molecule has 92 valence electrons. The van der Waals surface area contributed by atoms with Crippen molar-refractivity contribution in [1.29, 1.82) is 0 Å². The van der Waals surface area contributed by atoms with Gasteiger partial charge < -0.3 is 14.8 Å². The van der Waals surface area contributed by atoms with Crippen molar-refractivity contribution in [2.45, 2.75) is 25.2 Å². The van der Waals surface area contributed by atoms with Gasteiger partial charge in [0.25, 0.3) is 0 Å². The smallest absolute Gasteiger partial charge is 0.222 e. The Morgan fingerprint density at radius 3 is 3.00 bits per heavy atom. The number of hydrogen-bond donors (Lipinski definition) is 1. The second kappa shape index (κ2) is 5.29. The van der Waals surface area contributed by atoms with Gasteiger partial charge >= 0.3 is 0 Å². The zero-order valence-electron chi connectivity index (χ0n) is 10.1. The number of hydrogen-bond acceptors (Lipinski definition) is 3. The van der Waals surface area contributed by atoms with Gasteiger partial charge in [-0.05, 0) is 11.1 Å². The molecule has 0 radical (unpaired) electrons. The van der Waals surface area contributed by atoms with E-state index < -0.39 is 0 Å². The normalized spacial score (nSPS) is 22.9. The van der Waals surface area contributed by atoms with Crippen molar-refractivity contribution in [3.8, 4) is 0 Å². The first-order chi connectivity index (χ1) is 8.24. The van der Waals surface area contributed by atoms with E-state index in [9.17, 15) is 4.79 Å². The summed E-state index contributed by atoms with van der Waals surface area (Å²) in [6, 6.07) is 8.02. The molecule has 2 unspecified atom stereocenters. The lowest BCUT2D eigenvalue weighted by atomic mass is 9.95. The molecule has 4 nitrogen and oxygen atoms in total. The summed E-state index contributed by atoms with van der Waals surface area (Å²) in [6.45, 7) is 0. The van der Waals surface area contributed by atoms with Crippen molar-refractivity contribution in [1.82, 2.24) is 5.32 Å². The second-order valence-corrected chi connectivity index (χ2v) is 4.07. The van der Waals surface area contributed by atoms with Crippen LogP contribution in [0.2, 0.25) is 0 Å². The standard InChI is InChI=1S/C13H17NO3/c1-14-12(15)8-11-10-6-4-3-5-9(10)7-13(16-2)17-11/h3-6,11,13H,7-8H2,1-2H3,(H,14,15). The highest BCUT2D eigenvalue weighted by molar-refractivity contribution is 5.76. The largest absolute Gasteiger partial charge is 0.359 e. The van der Waals surface area contributed by atoms with Crippen LogP contribution in [0.25, 0.3) is 0 Å². The van der Waals surface area contributed by atoms with Crippen molar-refractivity contribution >= 4 is 5.91 Å². The number of fused-ring (bicyclic) bond motifs is 1. The van der Waals surface area contributed by atoms with Crippen molar-refractivity contribution in [3.63, 3.8) is 0 Å².